The summed E-state index contributed by atoms with van der Waals surface area (Å²) >= 11 is 1.67. The van der Waals surface area contributed by atoms with Crippen molar-refractivity contribution in [3.05, 3.63) is 95.3 Å². The Kier molecular flexibility index (Phi) is 7.22. The Labute approximate surface area is 201 Å². The predicted molar refractivity (Wildman–Crippen MR) is 129 cm³/mol. The highest BCUT2D eigenvalue weighted by molar-refractivity contribution is 7.98. The molecule has 2 atom stereocenters. The molecule has 1 amide bonds. The number of hydrogen-bond acceptors (Lipinski definition) is 3. The number of carbonyl (C=O) groups excluding carboxylic acids is 1. The number of nitrogens with zero attached hydrogens (tertiary/aromatic N) is 1. The van der Waals surface area contributed by atoms with Crippen molar-refractivity contribution in [3.63, 3.8) is 0 Å². The Balaban J connectivity index is 1.52. The van der Waals surface area contributed by atoms with Gasteiger partial charge < -0.3 is 9.64 Å². The third-order valence-electron chi connectivity index (χ3n) is 6.46. The first-order chi connectivity index (χ1) is 16.3. The fourth-order valence-corrected chi connectivity index (χ4v) is 4.94. The van der Waals surface area contributed by atoms with Gasteiger partial charge in [-0.1, -0.05) is 36.4 Å². The van der Waals surface area contributed by atoms with E-state index in [-0.39, 0.29) is 11.9 Å². The molecule has 0 spiro atoms. The number of hydrogen-bond donors (Lipinski definition) is 0. The number of benzene rings is 3. The van der Waals surface area contributed by atoms with Crippen molar-refractivity contribution in [1.29, 1.82) is 0 Å². The van der Waals surface area contributed by atoms with E-state index in [1.165, 1.54) is 24.3 Å². The second-order valence-electron chi connectivity index (χ2n) is 8.48. The third-order valence-corrected chi connectivity index (χ3v) is 7.07. The summed E-state index contributed by atoms with van der Waals surface area (Å²) in [5.41, 5.74) is 1.84. The molecule has 0 N–H and O–H groups in total. The molecule has 0 bridgehead atoms. The van der Waals surface area contributed by atoms with Gasteiger partial charge in [0.15, 0.2) is 0 Å². The van der Waals surface area contributed by atoms with E-state index in [1.54, 1.807) is 40.9 Å². The number of halogens is 3. The first-order valence-corrected chi connectivity index (χ1v) is 12.5. The van der Waals surface area contributed by atoms with Gasteiger partial charge in [-0.3, -0.25) is 0 Å². The molecule has 4 rings (SSSR count). The predicted octanol–water partition coefficient (Wildman–Crippen LogP) is 7.32. The molecule has 7 heteroatoms. The van der Waals surface area contributed by atoms with Crippen molar-refractivity contribution in [2.45, 2.75) is 31.4 Å². The molecule has 34 heavy (non-hydrogen) atoms. The molecule has 1 heterocycles. The maximum absolute atomic E-state index is 14.1. The fourth-order valence-electron chi connectivity index (χ4n) is 4.41. The molecule has 0 aliphatic carbocycles. The van der Waals surface area contributed by atoms with Crippen LogP contribution in [0.2, 0.25) is 0 Å². The summed E-state index contributed by atoms with van der Waals surface area (Å²) in [6, 6.07) is 16.6. The maximum atomic E-state index is 14.1. The van der Waals surface area contributed by atoms with Gasteiger partial charge in [0.25, 0.3) is 0 Å². The van der Waals surface area contributed by atoms with Gasteiger partial charge in [-0.25, -0.2) is 18.0 Å². The summed E-state index contributed by atoms with van der Waals surface area (Å²) in [7, 11) is 0. The minimum absolute atomic E-state index is 0.258. The second-order valence-corrected chi connectivity index (χ2v) is 9.46. The quantitative estimate of drug-likeness (QED) is 0.351. The first-order valence-electron chi connectivity index (χ1n) is 11.1. The standard InChI is InChI=1S/C27H26F3NO2S/c1-18(19-3-5-20(6-4-19)24-12-11-23(29)17-25(24)30)31-15-13-27(14-16-34-2,33-26(31)32)21-7-9-22(28)10-8-21/h3-12,17-18H,13-16H2,1-2H3. The van der Waals surface area contributed by atoms with E-state index in [1.807, 2.05) is 25.3 Å². The largest absolute Gasteiger partial charge is 0.438 e. The van der Waals surface area contributed by atoms with Crippen molar-refractivity contribution in [2.75, 3.05) is 18.6 Å². The summed E-state index contributed by atoms with van der Waals surface area (Å²) in [5.74, 6) is -0.765. The molecular formula is C27H26F3NO2S. The van der Waals surface area contributed by atoms with Crippen molar-refractivity contribution < 1.29 is 22.7 Å². The van der Waals surface area contributed by atoms with Crippen molar-refractivity contribution >= 4 is 17.9 Å². The molecule has 2 unspecified atom stereocenters. The number of rotatable bonds is 7. The minimum atomic E-state index is -0.784. The molecule has 3 aromatic carbocycles. The average molecular weight is 486 g/mol. The van der Waals surface area contributed by atoms with Crippen molar-refractivity contribution in [2.24, 2.45) is 0 Å². The molecule has 1 fully saturated rings. The molecule has 3 aromatic rings. The Hall–Kier alpha value is -2.93. The van der Waals surface area contributed by atoms with Crippen LogP contribution in [-0.4, -0.2) is 29.5 Å². The summed E-state index contributed by atoms with van der Waals surface area (Å²) in [5, 5.41) is 0. The molecule has 1 aliphatic heterocycles. The fraction of sp³-hybridized carbons (Fsp3) is 0.296. The van der Waals surface area contributed by atoms with Crippen LogP contribution in [0.1, 0.15) is 36.9 Å². The number of thioether (sulfide) groups is 1. The molecule has 1 aliphatic rings. The summed E-state index contributed by atoms with van der Waals surface area (Å²) in [6.07, 6.45) is 2.82. The smallest absolute Gasteiger partial charge is 0.411 e. The zero-order valence-corrected chi connectivity index (χ0v) is 19.9. The molecule has 3 nitrogen and oxygen atoms in total. The molecule has 1 saturated heterocycles. The Bertz CT molecular complexity index is 1150. The highest BCUT2D eigenvalue weighted by Crippen LogP contribution is 2.40. The number of cyclic esters (lactones) is 1. The lowest BCUT2D eigenvalue weighted by atomic mass is 9.86. The molecular weight excluding hydrogens is 459 g/mol. The van der Waals surface area contributed by atoms with E-state index >= 15 is 0 Å². The van der Waals surface area contributed by atoms with Crippen molar-refractivity contribution in [3.8, 4) is 11.1 Å². The van der Waals surface area contributed by atoms with Crippen LogP contribution in [0, 0.1) is 17.5 Å². The summed E-state index contributed by atoms with van der Waals surface area (Å²) in [4.78, 5) is 14.8. The highest BCUT2D eigenvalue weighted by atomic mass is 32.2. The molecule has 178 valence electrons. The Morgan fingerprint density at radius 1 is 1.00 bits per heavy atom. The lowest BCUT2D eigenvalue weighted by Gasteiger charge is -2.43. The molecule has 0 radical (unpaired) electrons. The van der Waals surface area contributed by atoms with E-state index in [9.17, 15) is 18.0 Å². The van der Waals surface area contributed by atoms with Gasteiger partial charge in [0.05, 0.1) is 6.04 Å². The van der Waals surface area contributed by atoms with E-state index in [4.69, 9.17) is 4.74 Å². The zero-order valence-electron chi connectivity index (χ0n) is 19.1. The van der Waals surface area contributed by atoms with Crippen LogP contribution in [-0.2, 0) is 10.3 Å². The van der Waals surface area contributed by atoms with Crippen LogP contribution in [0.25, 0.3) is 11.1 Å². The summed E-state index contributed by atoms with van der Waals surface area (Å²) < 4.78 is 46.9. The van der Waals surface area contributed by atoms with E-state index in [0.29, 0.717) is 30.5 Å². The Morgan fingerprint density at radius 3 is 2.29 bits per heavy atom. The van der Waals surface area contributed by atoms with Crippen LogP contribution >= 0.6 is 11.8 Å². The van der Waals surface area contributed by atoms with Crippen LogP contribution in [0.3, 0.4) is 0 Å². The van der Waals surface area contributed by atoms with Gasteiger partial charge >= 0.3 is 6.09 Å². The van der Waals surface area contributed by atoms with Crippen LogP contribution < -0.4 is 0 Å². The normalized spacial score (nSPS) is 19.1. The van der Waals surface area contributed by atoms with Crippen LogP contribution in [0.15, 0.2) is 66.7 Å². The lowest BCUT2D eigenvalue weighted by molar-refractivity contribution is -0.0621. The number of carbonyl (C=O) groups is 1. The van der Waals surface area contributed by atoms with Crippen molar-refractivity contribution in [1.82, 2.24) is 4.90 Å². The minimum Gasteiger partial charge on any atom is -0.438 e. The van der Waals surface area contributed by atoms with E-state index in [0.717, 1.165) is 22.9 Å². The number of ether oxygens (including phenoxy) is 1. The first kappa shape index (κ1) is 24.2. The van der Waals surface area contributed by atoms with E-state index < -0.39 is 23.3 Å². The van der Waals surface area contributed by atoms with Gasteiger partial charge in [-0.2, -0.15) is 11.8 Å². The van der Waals surface area contributed by atoms with Gasteiger partial charge in [-0.15, -0.1) is 0 Å². The number of amides is 1. The Morgan fingerprint density at radius 2 is 1.68 bits per heavy atom. The maximum Gasteiger partial charge on any atom is 0.411 e. The third kappa shape index (κ3) is 4.94. The van der Waals surface area contributed by atoms with Gasteiger partial charge in [-0.05, 0) is 59.9 Å². The highest BCUT2D eigenvalue weighted by Gasteiger charge is 2.43. The van der Waals surface area contributed by atoms with Crippen LogP contribution in [0.4, 0.5) is 18.0 Å². The topological polar surface area (TPSA) is 29.5 Å². The second kappa shape index (κ2) is 10.1. The summed E-state index contributed by atoms with van der Waals surface area (Å²) in [6.45, 7) is 2.40. The lowest BCUT2D eigenvalue weighted by Crippen LogP contribution is -2.49. The molecule has 0 saturated carbocycles. The van der Waals surface area contributed by atoms with Gasteiger partial charge in [0.2, 0.25) is 0 Å². The van der Waals surface area contributed by atoms with E-state index in [2.05, 4.69) is 0 Å². The average Bonchev–Trinajstić information content (AvgIpc) is 2.83. The SMILES string of the molecule is CSCCC1(c2ccc(F)cc2)CCN(C(C)c2ccc(-c3ccc(F)cc3F)cc2)C(=O)O1. The zero-order chi connectivity index (χ0) is 24.3. The van der Waals surface area contributed by atoms with Gasteiger partial charge in [0.1, 0.15) is 23.1 Å². The molecule has 0 aromatic heterocycles. The van der Waals surface area contributed by atoms with Crippen LogP contribution in [0.5, 0.6) is 0 Å². The monoisotopic (exact) mass is 485 g/mol. The van der Waals surface area contributed by atoms with Gasteiger partial charge in [0, 0.05) is 31.0 Å².